The van der Waals surface area contributed by atoms with Crippen molar-refractivity contribution in [3.05, 3.63) is 59.6 Å². The molecule has 128 valence electrons. The summed E-state index contributed by atoms with van der Waals surface area (Å²) in [5, 5.41) is 18.7. The molecule has 0 unspecified atom stereocenters. The predicted octanol–water partition coefficient (Wildman–Crippen LogP) is 4.54. The largest absolute Gasteiger partial charge is 0.481 e. The Bertz CT molecular complexity index is 868. The molecule has 0 aliphatic rings. The molecule has 0 fully saturated rings. The Morgan fingerprint density at radius 3 is 2.52 bits per heavy atom. The topological polar surface area (TPSA) is 68.0 Å². The molecule has 0 radical (unpaired) electrons. The number of carboxylic acid groups (broad SMARTS) is 1. The lowest BCUT2D eigenvalue weighted by atomic mass is 10.2. The second kappa shape index (κ2) is 8.18. The minimum Gasteiger partial charge on any atom is -0.481 e. The number of hydrogen-bond donors (Lipinski definition) is 1. The number of rotatable bonds is 7. The molecule has 7 heteroatoms. The molecule has 0 aliphatic carbocycles. The number of para-hydroxylation sites is 1. The van der Waals surface area contributed by atoms with Crippen LogP contribution in [0.3, 0.4) is 0 Å². The van der Waals surface area contributed by atoms with E-state index in [1.54, 1.807) is 0 Å². The van der Waals surface area contributed by atoms with E-state index in [4.69, 9.17) is 16.7 Å². The number of halogens is 1. The van der Waals surface area contributed by atoms with Gasteiger partial charge < -0.3 is 5.11 Å². The lowest BCUT2D eigenvalue weighted by Crippen LogP contribution is -2.01. The minimum absolute atomic E-state index is 0.143. The molecule has 0 saturated heterocycles. The van der Waals surface area contributed by atoms with E-state index in [-0.39, 0.29) is 6.42 Å². The van der Waals surface area contributed by atoms with Gasteiger partial charge in [-0.25, -0.2) is 0 Å². The summed E-state index contributed by atoms with van der Waals surface area (Å²) in [5.41, 5.74) is 1.74. The molecule has 1 heterocycles. The van der Waals surface area contributed by atoms with Gasteiger partial charge in [0.1, 0.15) is 0 Å². The Labute approximate surface area is 154 Å². The van der Waals surface area contributed by atoms with E-state index in [1.165, 1.54) is 11.8 Å². The van der Waals surface area contributed by atoms with Gasteiger partial charge in [0.2, 0.25) is 0 Å². The standard InChI is InChI=1S/C18H16ClN3O2S/c19-15-10-5-4-9-14(15)17-20-21-18(25-12-6-11-16(23)24)22(17)13-7-2-1-3-8-13/h1-5,7-10H,6,11-12H2,(H,23,24). The molecule has 3 rings (SSSR count). The number of aliphatic carboxylic acids is 1. The van der Waals surface area contributed by atoms with Crippen LogP contribution >= 0.6 is 23.4 Å². The minimum atomic E-state index is -0.790. The molecule has 5 nitrogen and oxygen atoms in total. The Morgan fingerprint density at radius 1 is 1.08 bits per heavy atom. The van der Waals surface area contributed by atoms with E-state index in [0.717, 1.165) is 11.3 Å². The highest BCUT2D eigenvalue weighted by Gasteiger charge is 2.17. The van der Waals surface area contributed by atoms with Crippen LogP contribution in [0.15, 0.2) is 59.8 Å². The molecule has 0 aliphatic heterocycles. The van der Waals surface area contributed by atoms with Crippen LogP contribution in [0.25, 0.3) is 17.1 Å². The monoisotopic (exact) mass is 373 g/mol. The number of carbonyl (C=O) groups is 1. The third-order valence-electron chi connectivity index (χ3n) is 3.53. The second-order valence-electron chi connectivity index (χ2n) is 5.30. The van der Waals surface area contributed by atoms with Gasteiger partial charge >= 0.3 is 5.97 Å². The molecule has 0 bridgehead atoms. The van der Waals surface area contributed by atoms with Crippen LogP contribution < -0.4 is 0 Å². The smallest absolute Gasteiger partial charge is 0.303 e. The highest BCUT2D eigenvalue weighted by atomic mass is 35.5. The molecule has 0 spiro atoms. The number of hydrogen-bond acceptors (Lipinski definition) is 4. The first-order valence-electron chi connectivity index (χ1n) is 7.77. The van der Waals surface area contributed by atoms with Crippen LogP contribution in [0.4, 0.5) is 0 Å². The fourth-order valence-corrected chi connectivity index (χ4v) is 3.49. The molecule has 0 atom stereocenters. The van der Waals surface area contributed by atoms with Gasteiger partial charge in [0.25, 0.3) is 0 Å². The molecule has 0 saturated carbocycles. The summed E-state index contributed by atoms with van der Waals surface area (Å²) in [7, 11) is 0. The Hall–Kier alpha value is -2.31. The summed E-state index contributed by atoms with van der Waals surface area (Å²) < 4.78 is 1.95. The van der Waals surface area contributed by atoms with E-state index in [0.29, 0.717) is 28.2 Å². The van der Waals surface area contributed by atoms with E-state index >= 15 is 0 Å². The van der Waals surface area contributed by atoms with Crippen LogP contribution in [-0.2, 0) is 4.79 Å². The quantitative estimate of drug-likeness (QED) is 0.486. The Morgan fingerprint density at radius 2 is 1.80 bits per heavy atom. The van der Waals surface area contributed by atoms with Gasteiger partial charge in [-0.15, -0.1) is 10.2 Å². The highest BCUT2D eigenvalue weighted by molar-refractivity contribution is 7.99. The maximum absolute atomic E-state index is 10.7. The van der Waals surface area contributed by atoms with Crippen LogP contribution in [0.2, 0.25) is 5.02 Å². The summed E-state index contributed by atoms with van der Waals surface area (Å²) in [5.74, 6) is 0.527. The molecule has 3 aromatic rings. The number of nitrogens with zero attached hydrogens (tertiary/aromatic N) is 3. The van der Waals surface area contributed by atoms with Crippen molar-refractivity contribution in [2.45, 2.75) is 18.0 Å². The Kier molecular flexibility index (Phi) is 5.73. The first kappa shape index (κ1) is 17.5. The number of benzene rings is 2. The van der Waals surface area contributed by atoms with Crippen molar-refractivity contribution in [2.24, 2.45) is 0 Å². The van der Waals surface area contributed by atoms with E-state index in [1.807, 2.05) is 59.2 Å². The van der Waals surface area contributed by atoms with Crippen molar-refractivity contribution in [3.8, 4) is 17.1 Å². The number of thioether (sulfide) groups is 1. The molecular weight excluding hydrogens is 358 g/mol. The lowest BCUT2D eigenvalue weighted by Gasteiger charge is -2.11. The summed E-state index contributed by atoms with van der Waals surface area (Å²) in [6, 6.07) is 17.3. The average molecular weight is 374 g/mol. The second-order valence-corrected chi connectivity index (χ2v) is 6.77. The zero-order valence-corrected chi connectivity index (χ0v) is 14.9. The van der Waals surface area contributed by atoms with Crippen LogP contribution in [0.1, 0.15) is 12.8 Å². The first-order valence-corrected chi connectivity index (χ1v) is 9.13. The molecule has 25 heavy (non-hydrogen) atoms. The molecular formula is C18H16ClN3O2S. The van der Waals surface area contributed by atoms with Crippen molar-refractivity contribution >= 4 is 29.3 Å². The van der Waals surface area contributed by atoms with Gasteiger partial charge in [0.15, 0.2) is 11.0 Å². The third-order valence-corrected chi connectivity index (χ3v) is 4.87. The zero-order chi connectivity index (χ0) is 17.6. The van der Waals surface area contributed by atoms with Gasteiger partial charge in [0, 0.05) is 23.4 Å². The van der Waals surface area contributed by atoms with Gasteiger partial charge in [-0.1, -0.05) is 53.7 Å². The van der Waals surface area contributed by atoms with Crippen molar-refractivity contribution in [2.75, 3.05) is 5.75 Å². The summed E-state index contributed by atoms with van der Waals surface area (Å²) in [6.07, 6.45) is 0.715. The third kappa shape index (κ3) is 4.21. The van der Waals surface area contributed by atoms with Crippen molar-refractivity contribution in [1.29, 1.82) is 0 Å². The van der Waals surface area contributed by atoms with E-state index < -0.39 is 5.97 Å². The summed E-state index contributed by atoms with van der Waals surface area (Å²) in [6.45, 7) is 0. The Balaban J connectivity index is 1.96. The summed E-state index contributed by atoms with van der Waals surface area (Å²) in [4.78, 5) is 10.7. The van der Waals surface area contributed by atoms with Crippen molar-refractivity contribution < 1.29 is 9.90 Å². The zero-order valence-electron chi connectivity index (χ0n) is 13.3. The molecule has 1 aromatic heterocycles. The van der Waals surface area contributed by atoms with E-state index in [9.17, 15) is 4.79 Å². The van der Waals surface area contributed by atoms with Crippen LogP contribution in [0, 0.1) is 0 Å². The normalized spacial score (nSPS) is 10.8. The molecule has 0 amide bonds. The summed E-state index contributed by atoms with van der Waals surface area (Å²) >= 11 is 7.82. The van der Waals surface area contributed by atoms with Gasteiger partial charge in [0.05, 0.1) is 5.02 Å². The first-order chi connectivity index (χ1) is 12.2. The van der Waals surface area contributed by atoms with Gasteiger partial charge in [-0.05, 0) is 30.7 Å². The van der Waals surface area contributed by atoms with Crippen LogP contribution in [-0.4, -0.2) is 31.6 Å². The molecule has 2 aromatic carbocycles. The fourth-order valence-electron chi connectivity index (χ4n) is 2.38. The maximum Gasteiger partial charge on any atom is 0.303 e. The average Bonchev–Trinajstić information content (AvgIpc) is 3.03. The number of carboxylic acids is 1. The van der Waals surface area contributed by atoms with E-state index in [2.05, 4.69) is 10.2 Å². The maximum atomic E-state index is 10.7. The lowest BCUT2D eigenvalue weighted by molar-refractivity contribution is -0.137. The SMILES string of the molecule is O=C(O)CCCSc1nnc(-c2ccccc2Cl)n1-c1ccccc1. The van der Waals surface area contributed by atoms with Gasteiger partial charge in [-0.3, -0.25) is 9.36 Å². The highest BCUT2D eigenvalue weighted by Crippen LogP contribution is 2.32. The molecule has 1 N–H and O–H groups in total. The van der Waals surface area contributed by atoms with Gasteiger partial charge in [-0.2, -0.15) is 0 Å². The van der Waals surface area contributed by atoms with Crippen LogP contribution in [0.5, 0.6) is 0 Å². The number of aromatic nitrogens is 3. The van der Waals surface area contributed by atoms with Crippen molar-refractivity contribution in [3.63, 3.8) is 0 Å². The van der Waals surface area contributed by atoms with Crippen molar-refractivity contribution in [1.82, 2.24) is 14.8 Å². The predicted molar refractivity (Wildman–Crippen MR) is 99.4 cm³/mol. The fraction of sp³-hybridized carbons (Fsp3) is 0.167.